The Kier molecular flexibility index (Phi) is 6.62. The molecule has 2 aromatic carbocycles. The zero-order chi connectivity index (χ0) is 25.7. The normalized spacial score (nSPS) is 15.6. The van der Waals surface area contributed by atoms with Crippen molar-refractivity contribution in [3.63, 3.8) is 0 Å². The lowest BCUT2D eigenvalue weighted by atomic mass is 10.1. The van der Waals surface area contributed by atoms with E-state index in [4.69, 9.17) is 0 Å². The highest BCUT2D eigenvalue weighted by molar-refractivity contribution is 7.74. The first kappa shape index (κ1) is 26.1. The molecule has 184 valence electrons. The van der Waals surface area contributed by atoms with Crippen LogP contribution in [0.4, 0.5) is 52.7 Å². The van der Waals surface area contributed by atoms with Crippen LogP contribution in [0.15, 0.2) is 60.7 Å². The van der Waals surface area contributed by atoms with Crippen LogP contribution in [-0.2, 0) is 24.7 Å². The fourth-order valence-electron chi connectivity index (χ4n) is 3.24. The molecule has 0 N–H and O–H groups in total. The standard InChI is InChI=1S/C21H11F12P/c22-18(23,24)11-5-12(19(25,26)27)8-16(7-11)34(15-3-1-2-4-15)17-9-13(20(28,29)30)6-14(10-17)21(31,32)33/h1-10,15H. The first-order valence-corrected chi connectivity index (χ1v) is 10.5. The first-order chi connectivity index (χ1) is 15.4. The molecular formula is C21H11F12P. The van der Waals surface area contributed by atoms with Crippen molar-refractivity contribution in [2.45, 2.75) is 30.4 Å². The van der Waals surface area contributed by atoms with E-state index < -0.39 is 71.1 Å². The fraction of sp³-hybridized carbons (Fsp3) is 0.238. The lowest BCUT2D eigenvalue weighted by molar-refractivity contribution is -0.144. The summed E-state index contributed by atoms with van der Waals surface area (Å²) in [5.74, 6) is 0. The Morgan fingerprint density at radius 3 is 0.941 bits per heavy atom. The second kappa shape index (κ2) is 8.62. The van der Waals surface area contributed by atoms with Gasteiger partial charge in [0.1, 0.15) is 0 Å². The van der Waals surface area contributed by atoms with Crippen molar-refractivity contribution in [2.75, 3.05) is 0 Å². The summed E-state index contributed by atoms with van der Waals surface area (Å²) < 4.78 is 160. The van der Waals surface area contributed by atoms with Gasteiger partial charge in [-0.25, -0.2) is 0 Å². The number of rotatable bonds is 3. The predicted molar refractivity (Wildman–Crippen MR) is 101 cm³/mol. The number of allylic oxidation sites excluding steroid dienone is 4. The molecule has 0 aliphatic heterocycles. The molecule has 34 heavy (non-hydrogen) atoms. The Balaban J connectivity index is 2.34. The summed E-state index contributed by atoms with van der Waals surface area (Å²) in [7, 11) is -2.58. The van der Waals surface area contributed by atoms with Gasteiger partial charge in [0, 0.05) is 5.66 Å². The lowest BCUT2D eigenvalue weighted by Gasteiger charge is -2.26. The van der Waals surface area contributed by atoms with Crippen molar-refractivity contribution in [1.29, 1.82) is 0 Å². The monoisotopic (exact) mass is 522 g/mol. The average Bonchev–Trinajstić information content (AvgIpc) is 3.19. The predicted octanol–water partition coefficient (Wildman–Crippen LogP) is 7.69. The van der Waals surface area contributed by atoms with Gasteiger partial charge in [0.25, 0.3) is 0 Å². The van der Waals surface area contributed by atoms with Crippen molar-refractivity contribution in [3.05, 3.63) is 83.0 Å². The molecule has 0 radical (unpaired) electrons. The number of alkyl halides is 12. The third kappa shape index (κ3) is 5.76. The molecule has 0 saturated carbocycles. The number of hydrogen-bond donors (Lipinski definition) is 0. The van der Waals surface area contributed by atoms with Gasteiger partial charge in [0.15, 0.2) is 0 Å². The highest BCUT2D eigenvalue weighted by Gasteiger charge is 2.41. The largest absolute Gasteiger partial charge is 0.416 e. The van der Waals surface area contributed by atoms with E-state index in [1.807, 2.05) is 0 Å². The maximum absolute atomic E-state index is 13.3. The van der Waals surface area contributed by atoms with Crippen LogP contribution in [0.25, 0.3) is 0 Å². The zero-order valence-corrected chi connectivity index (χ0v) is 17.2. The Labute approximate surface area is 185 Å². The minimum atomic E-state index is -5.25. The summed E-state index contributed by atoms with van der Waals surface area (Å²) in [5, 5.41) is -1.35. The summed E-state index contributed by atoms with van der Waals surface area (Å²) in [6, 6.07) is 0.987. The number of hydrogen-bond acceptors (Lipinski definition) is 0. The zero-order valence-electron chi connectivity index (χ0n) is 16.3. The molecule has 1 aliphatic carbocycles. The van der Waals surface area contributed by atoms with Crippen LogP contribution in [0, 0.1) is 0 Å². The van der Waals surface area contributed by atoms with E-state index in [1.165, 1.54) is 24.3 Å². The van der Waals surface area contributed by atoms with E-state index in [0.717, 1.165) is 0 Å². The molecule has 0 spiro atoms. The molecule has 0 saturated heterocycles. The molecular weight excluding hydrogens is 511 g/mol. The SMILES string of the molecule is FC(F)(F)c1cc(P(c2cc(C(F)(F)F)cc(C(F)(F)F)c2)C2C=CC=C2)cc(C(F)(F)F)c1. The summed E-state index contributed by atoms with van der Waals surface area (Å²) in [5.41, 5.74) is -7.93. The van der Waals surface area contributed by atoms with Gasteiger partial charge in [-0.3, -0.25) is 0 Å². The van der Waals surface area contributed by atoms with Crippen LogP contribution in [0.5, 0.6) is 0 Å². The molecule has 13 heteroatoms. The topological polar surface area (TPSA) is 0 Å². The molecule has 0 amide bonds. The van der Waals surface area contributed by atoms with E-state index in [2.05, 4.69) is 0 Å². The highest BCUT2D eigenvalue weighted by Crippen LogP contribution is 2.47. The van der Waals surface area contributed by atoms with Crippen LogP contribution >= 0.6 is 7.92 Å². The van der Waals surface area contributed by atoms with Crippen molar-refractivity contribution in [2.24, 2.45) is 0 Å². The maximum Gasteiger partial charge on any atom is 0.416 e. The minimum Gasteiger partial charge on any atom is -0.166 e. The van der Waals surface area contributed by atoms with Gasteiger partial charge in [-0.05, 0) is 54.9 Å². The van der Waals surface area contributed by atoms with E-state index in [9.17, 15) is 52.7 Å². The van der Waals surface area contributed by atoms with Crippen molar-refractivity contribution >= 4 is 18.5 Å². The fourth-order valence-corrected chi connectivity index (χ4v) is 5.88. The summed E-state index contributed by atoms with van der Waals surface area (Å²) in [6.45, 7) is 0. The molecule has 0 fully saturated rings. The van der Waals surface area contributed by atoms with Crippen LogP contribution in [0.3, 0.4) is 0 Å². The Morgan fingerprint density at radius 2 is 0.706 bits per heavy atom. The highest BCUT2D eigenvalue weighted by atomic mass is 31.1. The van der Waals surface area contributed by atoms with Gasteiger partial charge in [-0.15, -0.1) is 0 Å². The average molecular weight is 522 g/mol. The van der Waals surface area contributed by atoms with Crippen LogP contribution in [-0.4, -0.2) is 5.66 Å². The van der Waals surface area contributed by atoms with E-state index in [-0.39, 0.29) is 12.1 Å². The molecule has 0 nitrogen and oxygen atoms in total. The quantitative estimate of drug-likeness (QED) is 0.287. The van der Waals surface area contributed by atoms with Gasteiger partial charge in [0.2, 0.25) is 0 Å². The van der Waals surface area contributed by atoms with Crippen molar-refractivity contribution in [3.8, 4) is 0 Å². The minimum absolute atomic E-state index is 0.162. The third-order valence-electron chi connectivity index (χ3n) is 4.73. The lowest BCUT2D eigenvalue weighted by Crippen LogP contribution is -2.25. The third-order valence-corrected chi connectivity index (χ3v) is 7.30. The molecule has 1 aliphatic rings. The Hall–Kier alpha value is -2.49. The Morgan fingerprint density at radius 1 is 0.441 bits per heavy atom. The molecule has 0 unspecified atom stereocenters. The first-order valence-electron chi connectivity index (χ1n) is 9.10. The van der Waals surface area contributed by atoms with Gasteiger partial charge < -0.3 is 0 Å². The maximum atomic E-state index is 13.3. The second-order valence-electron chi connectivity index (χ2n) is 7.16. The van der Waals surface area contributed by atoms with Gasteiger partial charge >= 0.3 is 24.7 Å². The smallest absolute Gasteiger partial charge is 0.166 e. The van der Waals surface area contributed by atoms with Gasteiger partial charge in [-0.1, -0.05) is 24.3 Å². The molecule has 0 atom stereocenters. The summed E-state index contributed by atoms with van der Waals surface area (Å²) in [6.07, 6.45) is -15.7. The summed E-state index contributed by atoms with van der Waals surface area (Å²) in [4.78, 5) is 0. The number of halogens is 12. The van der Waals surface area contributed by atoms with E-state index in [0.29, 0.717) is 24.3 Å². The Bertz CT molecular complexity index is 965. The van der Waals surface area contributed by atoms with Crippen LogP contribution < -0.4 is 10.6 Å². The molecule has 0 bridgehead atoms. The van der Waals surface area contributed by atoms with Crippen molar-refractivity contribution < 1.29 is 52.7 Å². The molecule has 3 rings (SSSR count). The molecule has 0 heterocycles. The van der Waals surface area contributed by atoms with E-state index in [1.54, 1.807) is 0 Å². The summed E-state index contributed by atoms with van der Waals surface area (Å²) >= 11 is 0. The molecule has 2 aromatic rings. The van der Waals surface area contributed by atoms with E-state index >= 15 is 0 Å². The van der Waals surface area contributed by atoms with Crippen LogP contribution in [0.1, 0.15) is 22.3 Å². The van der Waals surface area contributed by atoms with Crippen LogP contribution in [0.2, 0.25) is 0 Å². The van der Waals surface area contributed by atoms with Crippen molar-refractivity contribution in [1.82, 2.24) is 0 Å². The van der Waals surface area contributed by atoms with Gasteiger partial charge in [-0.2, -0.15) is 52.7 Å². The number of benzene rings is 2. The van der Waals surface area contributed by atoms with Gasteiger partial charge in [0.05, 0.1) is 22.3 Å². The molecule has 0 aromatic heterocycles. The second-order valence-corrected chi connectivity index (χ2v) is 9.53.